The third-order valence-corrected chi connectivity index (χ3v) is 4.82. The number of carbonyl (C=O) groups excluding carboxylic acids is 1. The Balaban J connectivity index is 1.37. The van der Waals surface area contributed by atoms with Crippen LogP contribution in [0, 0.1) is 0 Å². The Morgan fingerprint density at radius 2 is 2.18 bits per heavy atom. The van der Waals surface area contributed by atoms with Crippen LogP contribution in [0.5, 0.6) is 5.75 Å². The smallest absolute Gasteiger partial charge is 0.275 e. The largest absolute Gasteiger partial charge is 0.482 e. The topological polar surface area (TPSA) is 77.7 Å². The molecule has 3 aromatic rings. The molecular weight excluding hydrogens is 358 g/mol. The van der Waals surface area contributed by atoms with E-state index in [-0.39, 0.29) is 24.3 Å². The van der Waals surface area contributed by atoms with Crippen molar-refractivity contribution in [2.24, 2.45) is 0 Å². The lowest BCUT2D eigenvalue weighted by Crippen LogP contribution is -2.37. The average molecular weight is 381 g/mol. The van der Waals surface area contributed by atoms with Gasteiger partial charge in [0.2, 0.25) is 5.89 Å². The molecule has 1 aliphatic heterocycles. The third kappa shape index (κ3) is 4.14. The second-order valence-electron chi connectivity index (χ2n) is 6.92. The molecule has 0 N–H and O–H groups in total. The minimum Gasteiger partial charge on any atom is -0.482 e. The molecule has 1 saturated heterocycles. The molecule has 0 bridgehead atoms. The van der Waals surface area contributed by atoms with E-state index in [0.717, 1.165) is 36.8 Å². The maximum atomic E-state index is 12.6. The van der Waals surface area contributed by atoms with Crippen LogP contribution in [-0.4, -0.2) is 47.1 Å². The molecule has 7 nitrogen and oxygen atoms in total. The molecule has 3 heterocycles. The molecule has 2 aromatic heterocycles. The molecule has 1 aliphatic rings. The fourth-order valence-electron chi connectivity index (χ4n) is 3.34. The maximum Gasteiger partial charge on any atom is 0.275 e. The molecule has 28 heavy (non-hydrogen) atoms. The van der Waals surface area contributed by atoms with Crippen molar-refractivity contribution in [3.05, 3.63) is 54.4 Å². The highest BCUT2D eigenvalue weighted by Crippen LogP contribution is 2.24. The van der Waals surface area contributed by atoms with Gasteiger partial charge in [-0.2, -0.15) is 0 Å². The Hall–Kier alpha value is -2.93. The van der Waals surface area contributed by atoms with Crippen LogP contribution in [0.2, 0.25) is 0 Å². The number of fused-ring (bicyclic) bond motifs is 1. The summed E-state index contributed by atoms with van der Waals surface area (Å²) in [7, 11) is 1.76. The lowest BCUT2D eigenvalue weighted by atomic mass is 10.1. The number of oxazole rings is 1. The number of likely N-dealkylation sites (N-methyl/N-ethyl adjacent to an activating group) is 1. The summed E-state index contributed by atoms with van der Waals surface area (Å²) < 4.78 is 16.9. The zero-order chi connectivity index (χ0) is 19.3. The summed E-state index contributed by atoms with van der Waals surface area (Å²) >= 11 is 0. The first-order valence-corrected chi connectivity index (χ1v) is 9.49. The van der Waals surface area contributed by atoms with Gasteiger partial charge in [-0.1, -0.05) is 18.2 Å². The van der Waals surface area contributed by atoms with Gasteiger partial charge < -0.3 is 18.8 Å². The number of pyridine rings is 1. The monoisotopic (exact) mass is 381 g/mol. The first kappa shape index (κ1) is 18.4. The minimum atomic E-state index is -0.184. The van der Waals surface area contributed by atoms with E-state index in [1.807, 2.05) is 30.3 Å². The summed E-state index contributed by atoms with van der Waals surface area (Å²) in [5.74, 6) is 0.811. The first-order valence-electron chi connectivity index (χ1n) is 9.49. The second-order valence-corrected chi connectivity index (χ2v) is 6.92. The quantitative estimate of drug-likeness (QED) is 0.651. The summed E-state index contributed by atoms with van der Waals surface area (Å²) in [4.78, 5) is 22.8. The number of hydrogen-bond donors (Lipinski definition) is 0. The number of hydrogen-bond acceptors (Lipinski definition) is 6. The van der Waals surface area contributed by atoms with E-state index in [9.17, 15) is 4.79 Å². The zero-order valence-electron chi connectivity index (χ0n) is 15.8. The zero-order valence-corrected chi connectivity index (χ0v) is 15.8. The third-order valence-electron chi connectivity index (χ3n) is 4.82. The van der Waals surface area contributed by atoms with Gasteiger partial charge in [-0.3, -0.25) is 9.78 Å². The van der Waals surface area contributed by atoms with Crippen LogP contribution in [-0.2, 0) is 11.3 Å². The highest BCUT2D eigenvalue weighted by atomic mass is 16.5. The van der Waals surface area contributed by atoms with E-state index >= 15 is 0 Å². The fourth-order valence-corrected chi connectivity index (χ4v) is 3.34. The van der Waals surface area contributed by atoms with Gasteiger partial charge in [0.25, 0.3) is 5.91 Å². The van der Waals surface area contributed by atoms with Crippen molar-refractivity contribution in [2.45, 2.75) is 32.0 Å². The van der Waals surface area contributed by atoms with Crippen molar-refractivity contribution in [3.8, 4) is 5.75 Å². The Morgan fingerprint density at radius 1 is 1.29 bits per heavy atom. The molecule has 1 fully saturated rings. The van der Waals surface area contributed by atoms with E-state index in [0.29, 0.717) is 18.2 Å². The Kier molecular flexibility index (Phi) is 5.53. The van der Waals surface area contributed by atoms with Crippen LogP contribution in [0.4, 0.5) is 0 Å². The van der Waals surface area contributed by atoms with E-state index in [4.69, 9.17) is 13.9 Å². The predicted molar refractivity (Wildman–Crippen MR) is 103 cm³/mol. The summed E-state index contributed by atoms with van der Waals surface area (Å²) in [5, 5.41) is 0.995. The SMILES string of the molecule is CN(C[C@@H]1CCCCO1)C(=O)c1coc(COc2cccc3cccnc23)n1. The number of aromatic nitrogens is 2. The van der Waals surface area contributed by atoms with Gasteiger partial charge in [0, 0.05) is 31.8 Å². The van der Waals surface area contributed by atoms with Gasteiger partial charge in [0.1, 0.15) is 17.5 Å². The molecule has 0 spiro atoms. The molecule has 7 heteroatoms. The summed E-state index contributed by atoms with van der Waals surface area (Å²) in [6.07, 6.45) is 6.41. The van der Waals surface area contributed by atoms with E-state index in [1.54, 1.807) is 18.1 Å². The number of para-hydroxylation sites is 1. The summed E-state index contributed by atoms with van der Waals surface area (Å²) in [5.41, 5.74) is 1.05. The normalized spacial score (nSPS) is 16.8. The highest BCUT2D eigenvalue weighted by Gasteiger charge is 2.22. The van der Waals surface area contributed by atoms with Gasteiger partial charge in [-0.05, 0) is 31.4 Å². The van der Waals surface area contributed by atoms with E-state index < -0.39 is 0 Å². The number of nitrogens with zero attached hydrogens (tertiary/aromatic N) is 3. The highest BCUT2D eigenvalue weighted by molar-refractivity contribution is 5.91. The minimum absolute atomic E-state index is 0.0938. The van der Waals surface area contributed by atoms with Crippen molar-refractivity contribution in [1.82, 2.24) is 14.9 Å². The molecule has 1 aromatic carbocycles. The van der Waals surface area contributed by atoms with Crippen LogP contribution in [0.15, 0.2) is 47.2 Å². The van der Waals surface area contributed by atoms with Crippen molar-refractivity contribution >= 4 is 16.8 Å². The van der Waals surface area contributed by atoms with Crippen LogP contribution in [0.1, 0.15) is 35.6 Å². The standard InChI is InChI=1S/C21H23N3O4/c1-24(12-16-8-2-3-11-26-16)21(25)17-13-28-19(23-17)14-27-18-9-4-6-15-7-5-10-22-20(15)18/h4-7,9-10,13,16H,2-3,8,11-12,14H2,1H3/t16-/m0/s1. The lowest BCUT2D eigenvalue weighted by molar-refractivity contribution is -0.000293. The predicted octanol–water partition coefficient (Wildman–Crippen LogP) is 3.44. The molecule has 1 atom stereocenters. The molecular formula is C21H23N3O4. The number of benzene rings is 1. The average Bonchev–Trinajstić information content (AvgIpc) is 3.21. The molecule has 146 valence electrons. The molecule has 0 aliphatic carbocycles. The van der Waals surface area contributed by atoms with Gasteiger partial charge >= 0.3 is 0 Å². The van der Waals surface area contributed by atoms with Crippen molar-refractivity contribution < 1.29 is 18.7 Å². The van der Waals surface area contributed by atoms with Gasteiger partial charge in [-0.25, -0.2) is 4.98 Å². The van der Waals surface area contributed by atoms with E-state index in [2.05, 4.69) is 9.97 Å². The Bertz CT molecular complexity index is 944. The number of carbonyl (C=O) groups is 1. The Labute approximate surface area is 163 Å². The van der Waals surface area contributed by atoms with Gasteiger partial charge in [0.05, 0.1) is 6.10 Å². The van der Waals surface area contributed by atoms with Crippen LogP contribution >= 0.6 is 0 Å². The van der Waals surface area contributed by atoms with Crippen LogP contribution in [0.25, 0.3) is 10.9 Å². The number of amides is 1. The van der Waals surface area contributed by atoms with Crippen LogP contribution < -0.4 is 4.74 Å². The lowest BCUT2D eigenvalue weighted by Gasteiger charge is -2.26. The van der Waals surface area contributed by atoms with Crippen molar-refractivity contribution in [3.63, 3.8) is 0 Å². The summed E-state index contributed by atoms with van der Waals surface area (Å²) in [6.45, 7) is 1.44. The second kappa shape index (κ2) is 8.39. The van der Waals surface area contributed by atoms with Crippen LogP contribution in [0.3, 0.4) is 0 Å². The molecule has 1 amide bonds. The van der Waals surface area contributed by atoms with Crippen molar-refractivity contribution in [2.75, 3.05) is 20.2 Å². The Morgan fingerprint density at radius 3 is 3.04 bits per heavy atom. The van der Waals surface area contributed by atoms with Crippen molar-refractivity contribution in [1.29, 1.82) is 0 Å². The number of ether oxygens (including phenoxy) is 2. The first-order chi connectivity index (χ1) is 13.7. The van der Waals surface area contributed by atoms with Gasteiger partial charge in [-0.15, -0.1) is 0 Å². The number of rotatable bonds is 6. The van der Waals surface area contributed by atoms with Gasteiger partial charge in [0.15, 0.2) is 12.3 Å². The molecule has 0 unspecified atom stereocenters. The fraction of sp³-hybridized carbons (Fsp3) is 0.381. The molecule has 0 radical (unpaired) electrons. The maximum absolute atomic E-state index is 12.6. The molecule has 0 saturated carbocycles. The molecule has 4 rings (SSSR count). The summed E-state index contributed by atoms with van der Waals surface area (Å²) in [6, 6.07) is 9.59. The van der Waals surface area contributed by atoms with E-state index in [1.165, 1.54) is 6.26 Å².